The predicted molar refractivity (Wildman–Crippen MR) is 95.8 cm³/mol. The average molecular weight is 391 g/mol. The molecule has 4 rings (SSSR count). The quantitative estimate of drug-likeness (QED) is 0.774. The smallest absolute Gasteiger partial charge is 0.290 e. The standard InChI is InChI=1S/C17H21N5O4S/c1-27(24,25)22-8-12-7-21(10-14-19-17(16(18)23)20-26-14)9-13(12)15(22)11-5-3-2-4-6-11/h2-6,12-13,15H,7-10H2,1H3,(H2,18,23)/t12-,13-,15+/m1/s1. The zero-order valence-electron chi connectivity index (χ0n) is 14.9. The number of aromatic nitrogens is 2. The maximum atomic E-state index is 12.3. The van der Waals surface area contributed by atoms with Crippen molar-refractivity contribution in [3.05, 3.63) is 47.6 Å². The third kappa shape index (κ3) is 3.47. The molecular formula is C17H21N5O4S. The molecule has 1 aromatic carbocycles. The van der Waals surface area contributed by atoms with Crippen molar-refractivity contribution in [1.82, 2.24) is 19.3 Å². The summed E-state index contributed by atoms with van der Waals surface area (Å²) in [4.78, 5) is 17.3. The van der Waals surface area contributed by atoms with Gasteiger partial charge in [-0.15, -0.1) is 0 Å². The molecule has 0 aliphatic carbocycles. The van der Waals surface area contributed by atoms with Gasteiger partial charge in [0.2, 0.25) is 15.9 Å². The van der Waals surface area contributed by atoms with Crippen LogP contribution in [0.5, 0.6) is 0 Å². The fourth-order valence-corrected chi connectivity index (χ4v) is 5.40. The third-order valence-corrected chi connectivity index (χ3v) is 6.54. The molecular weight excluding hydrogens is 370 g/mol. The summed E-state index contributed by atoms with van der Waals surface area (Å²) in [6.45, 7) is 2.35. The van der Waals surface area contributed by atoms with Gasteiger partial charge in [-0.2, -0.15) is 9.29 Å². The van der Waals surface area contributed by atoms with E-state index in [1.54, 1.807) is 4.31 Å². The molecule has 2 fully saturated rings. The highest BCUT2D eigenvalue weighted by atomic mass is 32.2. The Morgan fingerprint density at radius 3 is 2.63 bits per heavy atom. The van der Waals surface area contributed by atoms with Gasteiger partial charge in [0.15, 0.2) is 0 Å². The maximum Gasteiger partial charge on any atom is 0.290 e. The van der Waals surface area contributed by atoms with E-state index in [0.717, 1.165) is 12.1 Å². The van der Waals surface area contributed by atoms with Gasteiger partial charge in [0, 0.05) is 19.6 Å². The number of hydrogen-bond donors (Lipinski definition) is 1. The fourth-order valence-electron chi connectivity index (χ4n) is 4.24. The first-order valence-electron chi connectivity index (χ1n) is 8.69. The molecule has 2 aliphatic heterocycles. The van der Waals surface area contributed by atoms with E-state index in [9.17, 15) is 13.2 Å². The van der Waals surface area contributed by atoms with E-state index in [0.29, 0.717) is 25.5 Å². The summed E-state index contributed by atoms with van der Waals surface area (Å²) < 4.78 is 31.4. The van der Waals surface area contributed by atoms with Crippen molar-refractivity contribution < 1.29 is 17.7 Å². The Morgan fingerprint density at radius 2 is 2.00 bits per heavy atom. The second-order valence-electron chi connectivity index (χ2n) is 7.18. The molecule has 1 aromatic heterocycles. The lowest BCUT2D eigenvalue weighted by Crippen LogP contribution is -2.35. The van der Waals surface area contributed by atoms with Crippen LogP contribution in [-0.4, -0.2) is 59.6 Å². The Bertz CT molecular complexity index is 945. The van der Waals surface area contributed by atoms with Crippen molar-refractivity contribution >= 4 is 15.9 Å². The van der Waals surface area contributed by atoms with Crippen molar-refractivity contribution in [1.29, 1.82) is 0 Å². The summed E-state index contributed by atoms with van der Waals surface area (Å²) in [6, 6.07) is 9.56. The lowest BCUT2D eigenvalue weighted by Gasteiger charge is -2.27. The van der Waals surface area contributed by atoms with Crippen LogP contribution in [0.1, 0.15) is 28.1 Å². The molecule has 10 heteroatoms. The molecule has 0 bridgehead atoms. The first-order chi connectivity index (χ1) is 12.8. The van der Waals surface area contributed by atoms with E-state index in [-0.39, 0.29) is 23.7 Å². The molecule has 2 saturated heterocycles. The van der Waals surface area contributed by atoms with Crippen molar-refractivity contribution in [2.24, 2.45) is 17.6 Å². The van der Waals surface area contributed by atoms with E-state index in [4.69, 9.17) is 10.3 Å². The number of carbonyl (C=O) groups is 1. The molecule has 0 radical (unpaired) electrons. The van der Waals surface area contributed by atoms with Crippen molar-refractivity contribution in [3.63, 3.8) is 0 Å². The summed E-state index contributed by atoms with van der Waals surface area (Å²) in [5, 5.41) is 3.56. The minimum absolute atomic E-state index is 0.130. The summed E-state index contributed by atoms with van der Waals surface area (Å²) in [7, 11) is -3.30. The number of sulfonamides is 1. The third-order valence-electron chi connectivity index (χ3n) is 5.31. The molecule has 2 aromatic rings. The Labute approximate surface area is 157 Å². The van der Waals surface area contributed by atoms with Crippen molar-refractivity contribution in [2.45, 2.75) is 12.6 Å². The molecule has 2 N–H and O–H groups in total. The van der Waals surface area contributed by atoms with E-state index in [1.807, 2.05) is 30.3 Å². The van der Waals surface area contributed by atoms with Gasteiger partial charge in [0.25, 0.3) is 11.7 Å². The SMILES string of the molecule is CS(=O)(=O)N1C[C@H]2CN(Cc3nc(C(N)=O)no3)C[C@H]2[C@@H]1c1ccccc1. The highest BCUT2D eigenvalue weighted by Crippen LogP contribution is 2.46. The number of carbonyl (C=O) groups excluding carboxylic acids is 1. The first kappa shape index (κ1) is 18.1. The number of nitrogens with zero attached hydrogens (tertiary/aromatic N) is 4. The summed E-state index contributed by atoms with van der Waals surface area (Å²) in [5.41, 5.74) is 6.15. The van der Waals surface area contributed by atoms with Gasteiger partial charge in [0.1, 0.15) is 0 Å². The second kappa shape index (κ2) is 6.70. The minimum Gasteiger partial charge on any atom is -0.363 e. The molecule has 9 nitrogen and oxygen atoms in total. The summed E-state index contributed by atoms with van der Waals surface area (Å²) in [5.74, 6) is -0.116. The highest BCUT2D eigenvalue weighted by Gasteiger charge is 2.50. The monoisotopic (exact) mass is 391 g/mol. The van der Waals surface area contributed by atoms with Gasteiger partial charge >= 0.3 is 0 Å². The van der Waals surface area contributed by atoms with Crippen LogP contribution < -0.4 is 5.73 Å². The van der Waals surface area contributed by atoms with E-state index >= 15 is 0 Å². The predicted octanol–water partition coefficient (Wildman–Crippen LogP) is 0.233. The van der Waals surface area contributed by atoms with Crippen LogP contribution in [0.2, 0.25) is 0 Å². The molecule has 2 aliphatic rings. The molecule has 144 valence electrons. The van der Waals surface area contributed by atoms with Gasteiger partial charge in [-0.3, -0.25) is 9.69 Å². The van der Waals surface area contributed by atoms with Gasteiger partial charge in [-0.25, -0.2) is 8.42 Å². The lowest BCUT2D eigenvalue weighted by atomic mass is 9.90. The topological polar surface area (TPSA) is 123 Å². The molecule has 1 amide bonds. The van der Waals surface area contributed by atoms with Crippen molar-refractivity contribution in [3.8, 4) is 0 Å². The summed E-state index contributed by atoms with van der Waals surface area (Å²) >= 11 is 0. The number of hydrogen-bond acceptors (Lipinski definition) is 7. The van der Waals surface area contributed by atoms with Crippen LogP contribution in [0.3, 0.4) is 0 Å². The van der Waals surface area contributed by atoms with E-state index in [1.165, 1.54) is 6.26 Å². The normalized spacial score (nSPS) is 26.3. The maximum absolute atomic E-state index is 12.3. The molecule has 3 heterocycles. The Balaban J connectivity index is 1.54. The average Bonchev–Trinajstić information content (AvgIpc) is 3.29. The van der Waals surface area contributed by atoms with Gasteiger partial charge < -0.3 is 10.3 Å². The number of likely N-dealkylation sites (tertiary alicyclic amines) is 1. The zero-order valence-corrected chi connectivity index (χ0v) is 15.7. The number of rotatable bonds is 5. The Morgan fingerprint density at radius 1 is 1.26 bits per heavy atom. The first-order valence-corrected chi connectivity index (χ1v) is 10.5. The Kier molecular flexibility index (Phi) is 4.49. The van der Waals surface area contributed by atoms with Crippen LogP contribution >= 0.6 is 0 Å². The summed E-state index contributed by atoms with van der Waals surface area (Å²) in [6.07, 6.45) is 1.27. The van der Waals surface area contributed by atoms with E-state index < -0.39 is 15.9 Å². The lowest BCUT2D eigenvalue weighted by molar-refractivity contribution is 0.0987. The number of benzene rings is 1. The number of fused-ring (bicyclic) bond motifs is 1. The van der Waals surface area contributed by atoms with Crippen LogP contribution in [-0.2, 0) is 16.6 Å². The van der Waals surface area contributed by atoms with Crippen LogP contribution in [0.15, 0.2) is 34.9 Å². The van der Waals surface area contributed by atoms with Gasteiger partial charge in [-0.1, -0.05) is 35.5 Å². The zero-order chi connectivity index (χ0) is 19.2. The molecule has 0 saturated carbocycles. The number of amides is 1. The van der Waals surface area contributed by atoms with Crippen LogP contribution in [0, 0.1) is 11.8 Å². The minimum atomic E-state index is -3.30. The number of primary amides is 1. The number of nitrogens with two attached hydrogens (primary N) is 1. The van der Waals surface area contributed by atoms with Crippen LogP contribution in [0.4, 0.5) is 0 Å². The largest absolute Gasteiger partial charge is 0.363 e. The van der Waals surface area contributed by atoms with Crippen molar-refractivity contribution in [2.75, 3.05) is 25.9 Å². The fraction of sp³-hybridized carbons (Fsp3) is 0.471. The van der Waals surface area contributed by atoms with Crippen LogP contribution in [0.25, 0.3) is 0 Å². The molecule has 3 atom stereocenters. The van der Waals surface area contributed by atoms with Gasteiger partial charge in [0.05, 0.1) is 18.8 Å². The molecule has 0 spiro atoms. The highest BCUT2D eigenvalue weighted by molar-refractivity contribution is 7.88. The second-order valence-corrected chi connectivity index (χ2v) is 9.12. The molecule has 0 unspecified atom stereocenters. The van der Waals surface area contributed by atoms with E-state index in [2.05, 4.69) is 15.0 Å². The van der Waals surface area contributed by atoms with Gasteiger partial charge in [-0.05, 0) is 17.4 Å². The Hall–Kier alpha value is -2.30. The molecule has 27 heavy (non-hydrogen) atoms.